The van der Waals surface area contributed by atoms with E-state index >= 15 is 0 Å². The summed E-state index contributed by atoms with van der Waals surface area (Å²) in [5, 5.41) is -0.378. The Bertz CT molecular complexity index is 1070. The molecular formula is C18H10Cl3F4N3O2. The van der Waals surface area contributed by atoms with E-state index in [0.717, 1.165) is 12.1 Å². The number of pyridine rings is 1. The second-order valence-corrected chi connectivity index (χ2v) is 6.92. The quantitative estimate of drug-likeness (QED) is 0.300. The van der Waals surface area contributed by atoms with Gasteiger partial charge in [0.15, 0.2) is 5.82 Å². The molecule has 0 radical (unpaired) electrons. The highest BCUT2D eigenvalue weighted by Gasteiger charge is 2.33. The number of hydrogen-bond acceptors (Lipinski definition) is 5. The zero-order chi connectivity index (χ0) is 21.9. The molecule has 0 saturated carbocycles. The Hall–Kier alpha value is -2.36. The van der Waals surface area contributed by atoms with Crippen molar-refractivity contribution in [3.8, 4) is 17.5 Å². The minimum Gasteiger partial charge on any atom is -0.476 e. The molecule has 158 valence electrons. The molecular weight excluding hydrogens is 473 g/mol. The molecule has 0 spiro atoms. The first-order valence-electron chi connectivity index (χ1n) is 8.13. The number of ether oxygens (including phenoxy) is 2. The highest BCUT2D eigenvalue weighted by atomic mass is 35.5. The lowest BCUT2D eigenvalue weighted by molar-refractivity contribution is -0.137. The van der Waals surface area contributed by atoms with Crippen LogP contribution in [-0.2, 0) is 12.6 Å². The molecule has 5 nitrogen and oxygen atoms in total. The van der Waals surface area contributed by atoms with Crippen molar-refractivity contribution in [3.63, 3.8) is 0 Å². The third-order valence-electron chi connectivity index (χ3n) is 3.63. The summed E-state index contributed by atoms with van der Waals surface area (Å²) < 4.78 is 63.6. The number of hydrogen-bond donors (Lipinski definition) is 0. The molecule has 30 heavy (non-hydrogen) atoms. The smallest absolute Gasteiger partial charge is 0.417 e. The molecule has 0 N–H and O–H groups in total. The van der Waals surface area contributed by atoms with E-state index in [0.29, 0.717) is 11.6 Å². The van der Waals surface area contributed by atoms with Crippen molar-refractivity contribution in [1.82, 2.24) is 15.0 Å². The predicted octanol–water partition coefficient (Wildman–Crippen LogP) is 6.40. The van der Waals surface area contributed by atoms with Crippen LogP contribution in [0.3, 0.4) is 0 Å². The first-order valence-corrected chi connectivity index (χ1v) is 9.26. The van der Waals surface area contributed by atoms with Crippen molar-refractivity contribution >= 4 is 34.8 Å². The lowest BCUT2D eigenvalue weighted by Crippen LogP contribution is -2.06. The lowest BCUT2D eigenvalue weighted by atomic mass is 10.2. The van der Waals surface area contributed by atoms with Crippen molar-refractivity contribution < 1.29 is 27.0 Å². The standard InChI is InChI=1S/C18H10Cl3F4N3O2/c19-12-2-1-10(6-11(12)18(23,24)25)30-16-14(22)5-9(7-26-16)3-4-29-15-13(20)8-27-17(21)28-15/h1-2,5-8H,3-4H2. The zero-order valence-electron chi connectivity index (χ0n) is 14.7. The van der Waals surface area contributed by atoms with E-state index in [1.54, 1.807) is 0 Å². The van der Waals surface area contributed by atoms with Gasteiger partial charge >= 0.3 is 6.18 Å². The molecule has 0 unspecified atom stereocenters. The summed E-state index contributed by atoms with van der Waals surface area (Å²) in [4.78, 5) is 11.3. The van der Waals surface area contributed by atoms with Crippen LogP contribution >= 0.6 is 34.8 Å². The van der Waals surface area contributed by atoms with Crippen LogP contribution in [0.1, 0.15) is 11.1 Å². The van der Waals surface area contributed by atoms with Crippen molar-refractivity contribution in [2.45, 2.75) is 12.6 Å². The van der Waals surface area contributed by atoms with Gasteiger partial charge in [0.25, 0.3) is 5.88 Å². The van der Waals surface area contributed by atoms with Gasteiger partial charge in [-0.15, -0.1) is 0 Å². The van der Waals surface area contributed by atoms with E-state index in [4.69, 9.17) is 44.3 Å². The van der Waals surface area contributed by atoms with Gasteiger partial charge in [0.05, 0.1) is 23.4 Å². The summed E-state index contributed by atoms with van der Waals surface area (Å²) in [6.45, 7) is 0.0838. The zero-order valence-corrected chi connectivity index (χ0v) is 16.9. The Balaban J connectivity index is 1.66. The first-order chi connectivity index (χ1) is 14.1. The first kappa shape index (κ1) is 22.3. The molecule has 0 aliphatic heterocycles. The largest absolute Gasteiger partial charge is 0.476 e. The molecule has 0 aliphatic carbocycles. The van der Waals surface area contributed by atoms with E-state index in [1.807, 2.05) is 0 Å². The number of aromatic nitrogens is 3. The third kappa shape index (κ3) is 5.62. The molecule has 0 aliphatic rings. The molecule has 1 aromatic carbocycles. The molecule has 0 bridgehead atoms. The molecule has 2 heterocycles. The molecule has 0 fully saturated rings. The number of halogens is 7. The summed E-state index contributed by atoms with van der Waals surface area (Å²) in [7, 11) is 0. The highest BCUT2D eigenvalue weighted by molar-refractivity contribution is 6.32. The van der Waals surface area contributed by atoms with Gasteiger partial charge < -0.3 is 9.47 Å². The number of nitrogens with zero attached hydrogens (tertiary/aromatic N) is 3. The van der Waals surface area contributed by atoms with Gasteiger partial charge in [-0.3, -0.25) is 0 Å². The van der Waals surface area contributed by atoms with Gasteiger partial charge in [0.2, 0.25) is 11.2 Å². The Morgan fingerprint density at radius 2 is 1.70 bits per heavy atom. The molecule has 3 aromatic rings. The lowest BCUT2D eigenvalue weighted by Gasteiger charge is -2.12. The van der Waals surface area contributed by atoms with Crippen LogP contribution in [0.4, 0.5) is 17.6 Å². The summed E-state index contributed by atoms with van der Waals surface area (Å²) >= 11 is 17.1. The number of benzene rings is 1. The maximum absolute atomic E-state index is 14.3. The second-order valence-electron chi connectivity index (χ2n) is 5.76. The predicted molar refractivity (Wildman–Crippen MR) is 102 cm³/mol. The van der Waals surface area contributed by atoms with Gasteiger partial charge in [-0.2, -0.15) is 18.2 Å². The Labute approximate surface area is 182 Å². The van der Waals surface area contributed by atoms with Crippen molar-refractivity contribution in [1.29, 1.82) is 0 Å². The van der Waals surface area contributed by atoms with E-state index in [9.17, 15) is 17.6 Å². The third-order valence-corrected chi connectivity index (χ3v) is 4.40. The Morgan fingerprint density at radius 1 is 0.933 bits per heavy atom. The fraction of sp³-hybridized carbons (Fsp3) is 0.167. The van der Waals surface area contributed by atoms with Crippen LogP contribution in [0.25, 0.3) is 0 Å². The van der Waals surface area contributed by atoms with Crippen molar-refractivity contribution in [3.05, 3.63) is 68.9 Å². The van der Waals surface area contributed by atoms with Crippen LogP contribution in [0.5, 0.6) is 17.5 Å². The number of rotatable bonds is 6. The van der Waals surface area contributed by atoms with Crippen LogP contribution in [0, 0.1) is 5.82 Å². The van der Waals surface area contributed by atoms with Gasteiger partial charge in [0.1, 0.15) is 10.8 Å². The summed E-state index contributed by atoms with van der Waals surface area (Å²) in [5.74, 6) is -1.53. The SMILES string of the molecule is Fc1cc(CCOc2nc(Cl)ncc2Cl)cnc1Oc1ccc(Cl)c(C(F)(F)F)c1. The molecule has 3 rings (SSSR count). The molecule has 12 heteroatoms. The summed E-state index contributed by atoms with van der Waals surface area (Å²) in [6.07, 6.45) is -1.86. The van der Waals surface area contributed by atoms with Gasteiger partial charge in [-0.05, 0) is 41.4 Å². The Kier molecular flexibility index (Phi) is 6.84. The summed E-state index contributed by atoms with van der Waals surface area (Å²) in [6, 6.07) is 3.98. The average molecular weight is 483 g/mol. The van der Waals surface area contributed by atoms with Gasteiger partial charge in [-0.1, -0.05) is 23.2 Å². The van der Waals surface area contributed by atoms with Crippen LogP contribution < -0.4 is 9.47 Å². The Morgan fingerprint density at radius 3 is 2.40 bits per heavy atom. The maximum Gasteiger partial charge on any atom is 0.417 e. The van der Waals surface area contributed by atoms with E-state index < -0.39 is 28.5 Å². The molecule has 0 atom stereocenters. The number of alkyl halides is 3. The highest BCUT2D eigenvalue weighted by Crippen LogP contribution is 2.37. The van der Waals surface area contributed by atoms with Crippen LogP contribution in [-0.4, -0.2) is 21.6 Å². The monoisotopic (exact) mass is 481 g/mol. The van der Waals surface area contributed by atoms with Gasteiger partial charge in [-0.25, -0.2) is 14.4 Å². The molecule has 2 aromatic heterocycles. The fourth-order valence-electron chi connectivity index (χ4n) is 2.27. The maximum atomic E-state index is 14.3. The van der Waals surface area contributed by atoms with Crippen molar-refractivity contribution in [2.75, 3.05) is 6.61 Å². The van der Waals surface area contributed by atoms with E-state index in [1.165, 1.54) is 18.5 Å². The van der Waals surface area contributed by atoms with Crippen LogP contribution in [0.2, 0.25) is 15.3 Å². The van der Waals surface area contributed by atoms with E-state index in [2.05, 4.69) is 15.0 Å². The molecule has 0 amide bonds. The van der Waals surface area contributed by atoms with E-state index in [-0.39, 0.29) is 35.0 Å². The fourth-order valence-corrected chi connectivity index (χ4v) is 2.77. The van der Waals surface area contributed by atoms with Crippen LogP contribution in [0.15, 0.2) is 36.7 Å². The minimum atomic E-state index is -4.68. The average Bonchev–Trinajstić information content (AvgIpc) is 2.67. The molecule has 0 saturated heterocycles. The van der Waals surface area contributed by atoms with Gasteiger partial charge in [0, 0.05) is 12.6 Å². The summed E-state index contributed by atoms with van der Waals surface area (Å²) in [5.41, 5.74) is -0.650. The second kappa shape index (κ2) is 9.20. The van der Waals surface area contributed by atoms with Crippen molar-refractivity contribution in [2.24, 2.45) is 0 Å². The minimum absolute atomic E-state index is 0.0421. The topological polar surface area (TPSA) is 57.1 Å². The normalized spacial score (nSPS) is 11.4.